The van der Waals surface area contributed by atoms with Gasteiger partial charge in [0.15, 0.2) is 0 Å². The van der Waals surface area contributed by atoms with E-state index in [0.29, 0.717) is 13.1 Å². The van der Waals surface area contributed by atoms with E-state index in [4.69, 9.17) is 9.52 Å². The first-order valence-corrected chi connectivity index (χ1v) is 9.07. The van der Waals surface area contributed by atoms with E-state index < -0.39 is 21.8 Å². The van der Waals surface area contributed by atoms with E-state index >= 15 is 0 Å². The van der Waals surface area contributed by atoms with Crippen LogP contribution in [0.4, 0.5) is 10.1 Å². The summed E-state index contributed by atoms with van der Waals surface area (Å²) in [6, 6.07) is 7.07. The number of aromatic carboxylic acids is 1. The van der Waals surface area contributed by atoms with Gasteiger partial charge < -0.3 is 14.4 Å². The van der Waals surface area contributed by atoms with Crippen molar-refractivity contribution in [2.24, 2.45) is 0 Å². The van der Waals surface area contributed by atoms with Crippen LogP contribution in [0.1, 0.15) is 16.3 Å². The molecule has 1 aliphatic heterocycles. The monoisotopic (exact) mass is 368 g/mol. The molecule has 0 amide bonds. The summed E-state index contributed by atoms with van der Waals surface area (Å²) < 4.78 is 44.8. The third kappa shape index (κ3) is 3.38. The number of carbonyl (C=O) groups is 1. The summed E-state index contributed by atoms with van der Waals surface area (Å²) in [5, 5.41) is 8.94. The number of aryl methyl sites for hydroxylation is 1. The second kappa shape index (κ2) is 6.49. The van der Waals surface area contributed by atoms with E-state index in [1.807, 2.05) is 4.90 Å². The van der Waals surface area contributed by atoms with Gasteiger partial charge in [0.25, 0.3) is 0 Å². The molecule has 7 nitrogen and oxygen atoms in total. The molecule has 1 aromatic heterocycles. The lowest BCUT2D eigenvalue weighted by Gasteiger charge is -2.35. The van der Waals surface area contributed by atoms with Crippen molar-refractivity contribution in [1.82, 2.24) is 4.31 Å². The lowest BCUT2D eigenvalue weighted by atomic mass is 10.2. The molecule has 0 unspecified atom stereocenters. The fourth-order valence-electron chi connectivity index (χ4n) is 2.80. The van der Waals surface area contributed by atoms with Gasteiger partial charge in [0.2, 0.25) is 15.8 Å². The Bertz CT molecular complexity index is 884. The highest BCUT2D eigenvalue weighted by Gasteiger charge is 2.32. The molecule has 0 saturated carbocycles. The van der Waals surface area contributed by atoms with Crippen LogP contribution in [0.15, 0.2) is 39.6 Å². The topological polar surface area (TPSA) is 91.1 Å². The van der Waals surface area contributed by atoms with Crippen LogP contribution >= 0.6 is 0 Å². The molecule has 2 heterocycles. The zero-order chi connectivity index (χ0) is 18.2. The number of rotatable bonds is 4. The van der Waals surface area contributed by atoms with E-state index in [1.54, 1.807) is 12.1 Å². The standard InChI is InChI=1S/C16H17FN2O5S/c1-11-15(10-14(24-11)16(20)21)25(22,23)19-8-6-18(7-9-19)13-4-2-12(17)3-5-13/h2-5,10H,6-9H2,1H3,(H,20,21). The molecule has 0 spiro atoms. The van der Waals surface area contributed by atoms with Gasteiger partial charge in [0.05, 0.1) is 0 Å². The number of sulfonamides is 1. The van der Waals surface area contributed by atoms with Crippen molar-refractivity contribution in [3.05, 3.63) is 47.7 Å². The lowest BCUT2D eigenvalue weighted by molar-refractivity contribution is 0.0661. The molecule has 25 heavy (non-hydrogen) atoms. The van der Waals surface area contributed by atoms with Gasteiger partial charge >= 0.3 is 5.97 Å². The summed E-state index contributed by atoms with van der Waals surface area (Å²) in [6.07, 6.45) is 0. The zero-order valence-electron chi connectivity index (χ0n) is 13.5. The normalized spacial score (nSPS) is 16.2. The summed E-state index contributed by atoms with van der Waals surface area (Å²) in [6.45, 7) is 2.81. The van der Waals surface area contributed by atoms with Gasteiger partial charge in [-0.2, -0.15) is 4.31 Å². The van der Waals surface area contributed by atoms with Gasteiger partial charge in [0, 0.05) is 37.9 Å². The molecule has 0 bridgehead atoms. The maximum atomic E-state index is 13.0. The third-order valence-electron chi connectivity index (χ3n) is 4.13. The molecule has 2 aromatic rings. The molecule has 1 N–H and O–H groups in total. The minimum absolute atomic E-state index is 0.0540. The number of benzene rings is 1. The highest BCUT2D eigenvalue weighted by molar-refractivity contribution is 7.89. The molecular weight excluding hydrogens is 351 g/mol. The van der Waals surface area contributed by atoms with Crippen molar-refractivity contribution in [2.45, 2.75) is 11.8 Å². The maximum absolute atomic E-state index is 13.0. The molecule has 1 saturated heterocycles. The Balaban J connectivity index is 1.75. The number of carboxylic acid groups (broad SMARTS) is 1. The quantitative estimate of drug-likeness (QED) is 0.887. The minimum Gasteiger partial charge on any atom is -0.475 e. The van der Waals surface area contributed by atoms with Gasteiger partial charge in [-0.05, 0) is 31.2 Å². The van der Waals surface area contributed by atoms with Crippen LogP contribution in [0.3, 0.4) is 0 Å². The van der Waals surface area contributed by atoms with Crippen LogP contribution in [-0.4, -0.2) is 50.0 Å². The molecule has 0 aliphatic carbocycles. The average Bonchev–Trinajstić information content (AvgIpc) is 2.99. The van der Waals surface area contributed by atoms with Crippen molar-refractivity contribution >= 4 is 21.7 Å². The number of hydrogen-bond acceptors (Lipinski definition) is 5. The number of halogens is 1. The number of hydrogen-bond donors (Lipinski definition) is 1. The second-order valence-electron chi connectivity index (χ2n) is 5.70. The predicted octanol–water partition coefficient (Wildman–Crippen LogP) is 1.94. The fraction of sp³-hybridized carbons (Fsp3) is 0.312. The van der Waals surface area contributed by atoms with Crippen LogP contribution in [0.25, 0.3) is 0 Å². The highest BCUT2D eigenvalue weighted by atomic mass is 32.2. The Labute approximate surface area is 144 Å². The van der Waals surface area contributed by atoms with Crippen molar-refractivity contribution in [3.63, 3.8) is 0 Å². The van der Waals surface area contributed by atoms with Gasteiger partial charge in [-0.25, -0.2) is 17.6 Å². The number of carboxylic acids is 1. The van der Waals surface area contributed by atoms with E-state index in [0.717, 1.165) is 11.8 Å². The summed E-state index contributed by atoms with van der Waals surface area (Å²) in [7, 11) is -3.83. The Morgan fingerprint density at radius 2 is 1.76 bits per heavy atom. The second-order valence-corrected chi connectivity index (χ2v) is 7.61. The largest absolute Gasteiger partial charge is 0.475 e. The number of anilines is 1. The first-order chi connectivity index (χ1) is 11.8. The molecule has 134 valence electrons. The lowest BCUT2D eigenvalue weighted by Crippen LogP contribution is -2.48. The van der Waals surface area contributed by atoms with Crippen molar-refractivity contribution in [1.29, 1.82) is 0 Å². The maximum Gasteiger partial charge on any atom is 0.371 e. The summed E-state index contributed by atoms with van der Waals surface area (Å²) >= 11 is 0. The molecule has 3 rings (SSSR count). The number of furan rings is 1. The van der Waals surface area contributed by atoms with Crippen LogP contribution in [0.5, 0.6) is 0 Å². The van der Waals surface area contributed by atoms with Gasteiger partial charge in [-0.1, -0.05) is 0 Å². The van der Waals surface area contributed by atoms with E-state index in [2.05, 4.69) is 0 Å². The first kappa shape index (κ1) is 17.4. The zero-order valence-corrected chi connectivity index (χ0v) is 14.3. The Hall–Kier alpha value is -2.39. The van der Waals surface area contributed by atoms with Crippen LogP contribution < -0.4 is 4.90 Å². The SMILES string of the molecule is Cc1oc(C(=O)O)cc1S(=O)(=O)N1CCN(c2ccc(F)cc2)CC1. The molecule has 1 aliphatic rings. The van der Waals surface area contributed by atoms with E-state index in [9.17, 15) is 17.6 Å². The summed E-state index contributed by atoms with van der Waals surface area (Å²) in [5.41, 5.74) is 0.825. The molecular formula is C16H17FN2O5S. The first-order valence-electron chi connectivity index (χ1n) is 7.63. The molecule has 9 heteroatoms. The fourth-order valence-corrected chi connectivity index (χ4v) is 4.39. The van der Waals surface area contributed by atoms with Gasteiger partial charge in [0.1, 0.15) is 16.5 Å². The number of piperazine rings is 1. The molecule has 1 aromatic carbocycles. The molecule has 0 radical (unpaired) electrons. The smallest absolute Gasteiger partial charge is 0.371 e. The van der Waals surface area contributed by atoms with Crippen molar-refractivity contribution in [2.75, 3.05) is 31.1 Å². The van der Waals surface area contributed by atoms with E-state index in [1.165, 1.54) is 23.4 Å². The predicted molar refractivity (Wildman–Crippen MR) is 87.8 cm³/mol. The van der Waals surface area contributed by atoms with Crippen LogP contribution in [-0.2, 0) is 10.0 Å². The Kier molecular flexibility index (Phi) is 4.53. The van der Waals surface area contributed by atoms with Crippen molar-refractivity contribution < 1.29 is 27.1 Å². The average molecular weight is 368 g/mol. The minimum atomic E-state index is -3.83. The van der Waals surface area contributed by atoms with Gasteiger partial charge in [-0.3, -0.25) is 0 Å². The Morgan fingerprint density at radius 1 is 1.16 bits per heavy atom. The van der Waals surface area contributed by atoms with Crippen LogP contribution in [0, 0.1) is 12.7 Å². The summed E-state index contributed by atoms with van der Waals surface area (Å²) in [4.78, 5) is 12.8. The third-order valence-corrected chi connectivity index (χ3v) is 6.14. The highest BCUT2D eigenvalue weighted by Crippen LogP contribution is 2.26. The van der Waals surface area contributed by atoms with Crippen LogP contribution in [0.2, 0.25) is 0 Å². The molecule has 0 atom stereocenters. The summed E-state index contributed by atoms with van der Waals surface area (Å²) in [5.74, 6) is -1.99. The van der Waals surface area contributed by atoms with Gasteiger partial charge in [-0.15, -0.1) is 0 Å². The van der Waals surface area contributed by atoms with Crippen molar-refractivity contribution in [3.8, 4) is 0 Å². The number of nitrogens with zero attached hydrogens (tertiary/aromatic N) is 2. The Morgan fingerprint density at radius 3 is 2.28 bits per heavy atom. The molecule has 1 fully saturated rings. The van der Waals surface area contributed by atoms with E-state index in [-0.39, 0.29) is 29.6 Å².